The van der Waals surface area contributed by atoms with Gasteiger partial charge in [0.1, 0.15) is 0 Å². The lowest BCUT2D eigenvalue weighted by Crippen LogP contribution is -2.49. The van der Waals surface area contributed by atoms with Gasteiger partial charge in [0.05, 0.1) is 0 Å². The Hall–Kier alpha value is -1.05. The number of allylic oxidation sites excluding steroid dienone is 3. The molecule has 0 amide bonds. The summed E-state index contributed by atoms with van der Waals surface area (Å²) in [7, 11) is 0. The molecule has 1 unspecified atom stereocenters. The fraction of sp³-hybridized carbons (Fsp3) is 0.750. The van der Waals surface area contributed by atoms with Crippen molar-refractivity contribution >= 4 is 5.97 Å². The summed E-state index contributed by atoms with van der Waals surface area (Å²) in [5, 5.41) is 9.31. The molecule has 0 aromatic rings. The van der Waals surface area contributed by atoms with Crippen LogP contribution in [0.25, 0.3) is 0 Å². The zero-order valence-corrected chi connectivity index (χ0v) is 13.8. The molecule has 2 nitrogen and oxygen atoms in total. The average Bonchev–Trinajstić information content (AvgIpc) is 2.88. The largest absolute Gasteiger partial charge is 0.478 e. The van der Waals surface area contributed by atoms with E-state index in [1.54, 1.807) is 0 Å². The second kappa shape index (κ2) is 4.72. The zero-order valence-electron chi connectivity index (χ0n) is 13.8. The van der Waals surface area contributed by atoms with Crippen molar-refractivity contribution in [3.8, 4) is 0 Å². The summed E-state index contributed by atoms with van der Waals surface area (Å²) in [4.78, 5) is 11.3. The molecule has 2 fully saturated rings. The SMILES string of the molecule is C[C@@]12CCC[C@H]1[C@@H]1C=CC3C=C(C(=O)O)CC[C@]3(C)[C@H]1CC2. The second-order valence-corrected chi connectivity index (χ2v) is 8.79. The molecule has 0 radical (unpaired) electrons. The molecule has 0 heterocycles. The number of hydrogen-bond acceptors (Lipinski definition) is 1. The Morgan fingerprint density at radius 3 is 2.73 bits per heavy atom. The first-order valence-electron chi connectivity index (χ1n) is 9.06. The van der Waals surface area contributed by atoms with Gasteiger partial charge in [0.15, 0.2) is 0 Å². The van der Waals surface area contributed by atoms with Gasteiger partial charge in [-0.1, -0.05) is 38.5 Å². The molecular weight excluding hydrogens is 272 g/mol. The van der Waals surface area contributed by atoms with Gasteiger partial charge in [-0.15, -0.1) is 0 Å². The van der Waals surface area contributed by atoms with E-state index in [2.05, 4.69) is 32.1 Å². The number of carboxylic acids is 1. The number of rotatable bonds is 1. The summed E-state index contributed by atoms with van der Waals surface area (Å²) < 4.78 is 0. The molecule has 120 valence electrons. The Labute approximate surface area is 133 Å². The minimum absolute atomic E-state index is 0.280. The first-order valence-corrected chi connectivity index (χ1v) is 9.06. The second-order valence-electron chi connectivity index (χ2n) is 8.79. The van der Waals surface area contributed by atoms with Gasteiger partial charge in [0.25, 0.3) is 0 Å². The van der Waals surface area contributed by atoms with Crippen LogP contribution in [0, 0.1) is 34.5 Å². The van der Waals surface area contributed by atoms with Crippen LogP contribution in [0.1, 0.15) is 58.8 Å². The van der Waals surface area contributed by atoms with Crippen LogP contribution in [-0.4, -0.2) is 11.1 Å². The first-order chi connectivity index (χ1) is 10.4. The van der Waals surface area contributed by atoms with Gasteiger partial charge in [-0.3, -0.25) is 0 Å². The highest BCUT2D eigenvalue weighted by atomic mass is 16.4. The molecule has 2 heteroatoms. The van der Waals surface area contributed by atoms with E-state index >= 15 is 0 Å². The maximum absolute atomic E-state index is 11.3. The zero-order chi connectivity index (χ0) is 15.5. The van der Waals surface area contributed by atoms with Crippen LogP contribution in [0.2, 0.25) is 0 Å². The summed E-state index contributed by atoms with van der Waals surface area (Å²) in [6, 6.07) is 0. The monoisotopic (exact) mass is 300 g/mol. The fourth-order valence-corrected chi connectivity index (χ4v) is 6.42. The van der Waals surface area contributed by atoms with Crippen LogP contribution in [0.3, 0.4) is 0 Å². The lowest BCUT2D eigenvalue weighted by Gasteiger charge is -2.56. The predicted octanol–water partition coefficient (Wildman–Crippen LogP) is 4.82. The Balaban J connectivity index is 1.70. The molecule has 22 heavy (non-hydrogen) atoms. The van der Waals surface area contributed by atoms with E-state index in [0.717, 1.165) is 30.6 Å². The molecule has 4 rings (SSSR count). The lowest BCUT2D eigenvalue weighted by molar-refractivity contribution is -0.133. The van der Waals surface area contributed by atoms with E-state index < -0.39 is 5.97 Å². The van der Waals surface area contributed by atoms with Crippen molar-refractivity contribution < 1.29 is 9.90 Å². The van der Waals surface area contributed by atoms with Crippen molar-refractivity contribution in [2.75, 3.05) is 0 Å². The van der Waals surface area contributed by atoms with Gasteiger partial charge in [0, 0.05) is 11.5 Å². The average molecular weight is 300 g/mol. The Kier molecular flexibility index (Phi) is 3.12. The molecule has 6 atom stereocenters. The Bertz CT molecular complexity index is 560. The van der Waals surface area contributed by atoms with Crippen molar-refractivity contribution in [2.24, 2.45) is 34.5 Å². The van der Waals surface area contributed by atoms with E-state index in [1.165, 1.54) is 32.1 Å². The van der Waals surface area contributed by atoms with Crippen LogP contribution in [0.4, 0.5) is 0 Å². The van der Waals surface area contributed by atoms with Crippen molar-refractivity contribution in [2.45, 2.75) is 58.8 Å². The number of hydrogen-bond donors (Lipinski definition) is 1. The van der Waals surface area contributed by atoms with Gasteiger partial charge in [0.2, 0.25) is 0 Å². The number of fused-ring (bicyclic) bond motifs is 5. The van der Waals surface area contributed by atoms with E-state index in [4.69, 9.17) is 0 Å². The molecule has 0 aromatic heterocycles. The normalized spacial score (nSPS) is 49.8. The standard InChI is InChI=1S/C20H28O2/c1-19-9-3-4-16(19)15-6-5-14-12-13(18(21)22)7-11-20(14,2)17(15)8-10-19/h5-6,12,14-17H,3-4,7-11H2,1-2H3,(H,21,22)/t14?,15-,16-,17-,19-,20-/m0/s1. The molecule has 0 aliphatic heterocycles. The molecule has 1 N–H and O–H groups in total. The summed E-state index contributed by atoms with van der Waals surface area (Å²) in [6.07, 6.45) is 15.6. The maximum Gasteiger partial charge on any atom is 0.331 e. The third kappa shape index (κ3) is 1.88. The minimum atomic E-state index is -0.718. The number of aliphatic carboxylic acids is 1. The number of carboxylic acid groups (broad SMARTS) is 1. The topological polar surface area (TPSA) is 37.3 Å². The van der Waals surface area contributed by atoms with Gasteiger partial charge < -0.3 is 5.11 Å². The van der Waals surface area contributed by atoms with E-state index in [1.807, 2.05) is 0 Å². The van der Waals surface area contributed by atoms with E-state index in [0.29, 0.717) is 16.9 Å². The van der Waals surface area contributed by atoms with Crippen LogP contribution >= 0.6 is 0 Å². The van der Waals surface area contributed by atoms with Gasteiger partial charge in [-0.25, -0.2) is 4.79 Å². The van der Waals surface area contributed by atoms with Crippen LogP contribution < -0.4 is 0 Å². The summed E-state index contributed by atoms with van der Waals surface area (Å²) in [5.74, 6) is 1.97. The van der Waals surface area contributed by atoms with Crippen molar-refractivity contribution in [1.29, 1.82) is 0 Å². The van der Waals surface area contributed by atoms with Crippen molar-refractivity contribution in [3.05, 3.63) is 23.8 Å². The Morgan fingerprint density at radius 2 is 1.95 bits per heavy atom. The molecule has 0 aromatic carbocycles. The van der Waals surface area contributed by atoms with E-state index in [-0.39, 0.29) is 5.41 Å². The molecule has 0 bridgehead atoms. The maximum atomic E-state index is 11.3. The molecule has 0 spiro atoms. The minimum Gasteiger partial charge on any atom is -0.478 e. The molecule has 0 saturated heterocycles. The highest BCUT2D eigenvalue weighted by Gasteiger charge is 2.55. The molecular formula is C20H28O2. The molecule has 4 aliphatic rings. The number of carbonyl (C=O) groups is 1. The Morgan fingerprint density at radius 1 is 1.14 bits per heavy atom. The highest BCUT2D eigenvalue weighted by Crippen LogP contribution is 2.64. The van der Waals surface area contributed by atoms with Crippen molar-refractivity contribution in [1.82, 2.24) is 0 Å². The third-order valence-corrected chi connectivity index (χ3v) is 7.85. The summed E-state index contributed by atoms with van der Waals surface area (Å²) >= 11 is 0. The predicted molar refractivity (Wildman–Crippen MR) is 87.4 cm³/mol. The lowest BCUT2D eigenvalue weighted by atomic mass is 9.48. The van der Waals surface area contributed by atoms with E-state index in [9.17, 15) is 9.90 Å². The molecule has 4 aliphatic carbocycles. The van der Waals surface area contributed by atoms with Crippen LogP contribution in [0.15, 0.2) is 23.8 Å². The van der Waals surface area contributed by atoms with Gasteiger partial charge in [-0.2, -0.15) is 0 Å². The first kappa shape index (κ1) is 14.5. The van der Waals surface area contributed by atoms with Crippen LogP contribution in [-0.2, 0) is 4.79 Å². The van der Waals surface area contributed by atoms with Crippen LogP contribution in [0.5, 0.6) is 0 Å². The smallest absolute Gasteiger partial charge is 0.331 e. The van der Waals surface area contributed by atoms with Gasteiger partial charge >= 0.3 is 5.97 Å². The summed E-state index contributed by atoms with van der Waals surface area (Å²) in [5.41, 5.74) is 1.49. The quantitative estimate of drug-likeness (QED) is 0.705. The summed E-state index contributed by atoms with van der Waals surface area (Å²) in [6.45, 7) is 4.96. The fourth-order valence-electron chi connectivity index (χ4n) is 6.42. The van der Waals surface area contributed by atoms with Crippen molar-refractivity contribution in [3.63, 3.8) is 0 Å². The molecule has 2 saturated carbocycles. The highest BCUT2D eigenvalue weighted by molar-refractivity contribution is 5.86. The third-order valence-electron chi connectivity index (χ3n) is 7.85. The van der Waals surface area contributed by atoms with Gasteiger partial charge in [-0.05, 0) is 67.1 Å².